The first kappa shape index (κ1) is 23.5. The summed E-state index contributed by atoms with van der Waals surface area (Å²) in [6, 6.07) is 6.04. The first-order valence-electron chi connectivity index (χ1n) is 9.79. The molecule has 1 aromatic carbocycles. The molecule has 0 aliphatic carbocycles. The normalized spacial score (nSPS) is 19.4. The minimum atomic E-state index is -4.68. The Morgan fingerprint density at radius 1 is 1.34 bits per heavy atom. The molecule has 1 aliphatic heterocycles. The number of hydrazone groups is 1. The lowest BCUT2D eigenvalue weighted by atomic mass is 9.97. The van der Waals surface area contributed by atoms with Crippen LogP contribution >= 0.6 is 11.6 Å². The van der Waals surface area contributed by atoms with Crippen molar-refractivity contribution in [3.05, 3.63) is 52.7 Å². The number of aromatic nitrogens is 1. The van der Waals surface area contributed by atoms with Crippen molar-refractivity contribution in [2.24, 2.45) is 15.9 Å². The maximum atomic E-state index is 13.2. The maximum absolute atomic E-state index is 13.2. The first-order chi connectivity index (χ1) is 15.2. The number of halogens is 4. The molecular formula is C21H21ClF3N5O2. The number of aliphatic imine (C=N–C) groups is 1. The number of alkyl halides is 3. The van der Waals surface area contributed by atoms with Crippen molar-refractivity contribution in [2.75, 3.05) is 13.2 Å². The van der Waals surface area contributed by atoms with Gasteiger partial charge in [0.15, 0.2) is 11.6 Å². The van der Waals surface area contributed by atoms with Gasteiger partial charge in [-0.2, -0.15) is 18.3 Å². The summed E-state index contributed by atoms with van der Waals surface area (Å²) in [6.45, 7) is 4.11. The van der Waals surface area contributed by atoms with Crippen molar-refractivity contribution < 1.29 is 22.7 Å². The lowest BCUT2D eigenvalue weighted by Crippen LogP contribution is -2.51. The molecule has 1 amide bonds. The number of amides is 1. The van der Waals surface area contributed by atoms with E-state index in [1.165, 1.54) is 11.0 Å². The highest BCUT2D eigenvalue weighted by Gasteiger charge is 2.37. The zero-order valence-electron chi connectivity index (χ0n) is 17.4. The molecule has 1 aliphatic rings. The Morgan fingerprint density at radius 2 is 2.09 bits per heavy atom. The third kappa shape index (κ3) is 4.69. The molecule has 3 rings (SSSR count). The number of ether oxygens (including phenoxy) is 1. The Bertz CT molecular complexity index is 1070. The average Bonchev–Trinajstić information content (AvgIpc) is 2.74. The molecule has 0 spiro atoms. The van der Waals surface area contributed by atoms with Gasteiger partial charge in [-0.25, -0.2) is 9.98 Å². The quantitative estimate of drug-likeness (QED) is 0.530. The molecule has 170 valence electrons. The highest BCUT2D eigenvalue weighted by molar-refractivity contribution is 6.45. The number of hydrogen-bond acceptors (Lipinski definition) is 6. The van der Waals surface area contributed by atoms with Gasteiger partial charge < -0.3 is 15.5 Å². The summed E-state index contributed by atoms with van der Waals surface area (Å²) >= 11 is 5.94. The van der Waals surface area contributed by atoms with Gasteiger partial charge in [0.05, 0.1) is 34.5 Å². The van der Waals surface area contributed by atoms with Gasteiger partial charge in [0.1, 0.15) is 5.71 Å². The molecule has 1 saturated heterocycles. The molecule has 0 radical (unpaired) electrons. The van der Waals surface area contributed by atoms with Gasteiger partial charge in [0, 0.05) is 19.2 Å². The Balaban J connectivity index is 1.91. The molecule has 2 aromatic rings. The molecule has 2 heterocycles. The highest BCUT2D eigenvalue weighted by atomic mass is 35.5. The monoisotopic (exact) mass is 467 g/mol. The number of hydrogen-bond donors (Lipinski definition) is 1. The van der Waals surface area contributed by atoms with E-state index < -0.39 is 28.7 Å². The number of carbonyl (C=O) groups excluding carboxylic acids is 1. The molecule has 11 heteroatoms. The second-order valence-corrected chi connectivity index (χ2v) is 7.30. The van der Waals surface area contributed by atoms with E-state index in [0.717, 1.165) is 12.1 Å². The zero-order chi connectivity index (χ0) is 23.5. The Morgan fingerprint density at radius 3 is 2.75 bits per heavy atom. The number of nitrogens with zero attached hydrogens (tertiary/aromatic N) is 4. The SMILES string of the molecule is CCOc1cccnc1N=C1CCN(C(=O)c2cccc(C(F)(F)F)c2Cl)[C@H](C)C1=NN. The Hall–Kier alpha value is -3.14. The highest BCUT2D eigenvalue weighted by Crippen LogP contribution is 2.37. The van der Waals surface area contributed by atoms with Gasteiger partial charge in [0.2, 0.25) is 0 Å². The Labute approximate surface area is 187 Å². The minimum Gasteiger partial charge on any atom is -0.490 e. The molecule has 32 heavy (non-hydrogen) atoms. The molecular weight excluding hydrogens is 447 g/mol. The van der Waals surface area contributed by atoms with E-state index in [-0.39, 0.29) is 18.5 Å². The number of carbonyl (C=O) groups is 1. The van der Waals surface area contributed by atoms with Crippen molar-refractivity contribution in [3.8, 4) is 5.75 Å². The van der Waals surface area contributed by atoms with Crippen LogP contribution in [0.25, 0.3) is 0 Å². The van der Waals surface area contributed by atoms with Crippen LogP contribution in [-0.2, 0) is 6.18 Å². The van der Waals surface area contributed by atoms with Crippen molar-refractivity contribution in [2.45, 2.75) is 32.5 Å². The van der Waals surface area contributed by atoms with Crippen LogP contribution in [0.15, 0.2) is 46.6 Å². The molecule has 1 fully saturated rings. The molecule has 2 N–H and O–H groups in total. The number of rotatable bonds is 4. The van der Waals surface area contributed by atoms with Crippen molar-refractivity contribution in [3.63, 3.8) is 0 Å². The van der Waals surface area contributed by atoms with Crippen LogP contribution in [0.2, 0.25) is 5.02 Å². The van der Waals surface area contributed by atoms with Gasteiger partial charge in [0.25, 0.3) is 5.91 Å². The molecule has 0 unspecified atom stereocenters. The fourth-order valence-electron chi connectivity index (χ4n) is 3.44. The van der Waals surface area contributed by atoms with E-state index in [9.17, 15) is 18.0 Å². The summed E-state index contributed by atoms with van der Waals surface area (Å²) in [5.41, 5.74) is -0.476. The standard InChI is InChI=1S/C21H21ClF3N5O2/c1-3-32-16-8-5-10-27-19(16)28-15-9-11-30(12(2)18(15)29-26)20(31)13-6-4-7-14(17(13)22)21(23,24)25/h4-8,10,12H,3,9,11,26H2,1-2H3/t12-/m1/s1. The van der Waals surface area contributed by atoms with E-state index in [1.54, 1.807) is 25.3 Å². The molecule has 1 aromatic heterocycles. The molecule has 1 atom stereocenters. The van der Waals surface area contributed by atoms with E-state index >= 15 is 0 Å². The van der Waals surface area contributed by atoms with E-state index in [2.05, 4.69) is 15.1 Å². The average molecular weight is 468 g/mol. The van der Waals surface area contributed by atoms with Gasteiger partial charge in [-0.05, 0) is 38.1 Å². The summed E-state index contributed by atoms with van der Waals surface area (Å²) in [7, 11) is 0. The summed E-state index contributed by atoms with van der Waals surface area (Å²) in [5, 5.41) is 3.16. The second-order valence-electron chi connectivity index (χ2n) is 6.92. The van der Waals surface area contributed by atoms with Gasteiger partial charge in [-0.3, -0.25) is 4.79 Å². The van der Waals surface area contributed by atoms with E-state index in [0.29, 0.717) is 29.6 Å². The summed E-state index contributed by atoms with van der Waals surface area (Å²) < 4.78 is 45.1. The third-order valence-corrected chi connectivity index (χ3v) is 5.38. The van der Waals surface area contributed by atoms with E-state index in [1.807, 2.05) is 6.92 Å². The fraction of sp³-hybridized carbons (Fsp3) is 0.333. The number of benzene rings is 1. The maximum Gasteiger partial charge on any atom is 0.417 e. The number of piperidine rings is 1. The van der Waals surface area contributed by atoms with Crippen molar-refractivity contribution >= 4 is 34.7 Å². The molecule has 7 nitrogen and oxygen atoms in total. The predicted molar refractivity (Wildman–Crippen MR) is 116 cm³/mol. The second kappa shape index (κ2) is 9.56. The van der Waals surface area contributed by atoms with Crippen molar-refractivity contribution in [1.29, 1.82) is 0 Å². The zero-order valence-corrected chi connectivity index (χ0v) is 18.1. The smallest absolute Gasteiger partial charge is 0.417 e. The van der Waals surface area contributed by atoms with Crippen LogP contribution < -0.4 is 10.6 Å². The topological polar surface area (TPSA) is 93.2 Å². The summed E-state index contributed by atoms with van der Waals surface area (Å²) in [4.78, 5) is 23.2. The largest absolute Gasteiger partial charge is 0.490 e. The fourth-order valence-corrected chi connectivity index (χ4v) is 3.76. The van der Waals surface area contributed by atoms with Crippen LogP contribution in [0.3, 0.4) is 0 Å². The van der Waals surface area contributed by atoms with Crippen LogP contribution in [0, 0.1) is 0 Å². The minimum absolute atomic E-state index is 0.182. The predicted octanol–water partition coefficient (Wildman–Crippen LogP) is 4.47. The van der Waals surface area contributed by atoms with Gasteiger partial charge in [-0.1, -0.05) is 17.7 Å². The van der Waals surface area contributed by atoms with Crippen LogP contribution in [0.5, 0.6) is 5.75 Å². The lowest BCUT2D eigenvalue weighted by Gasteiger charge is -2.35. The van der Waals surface area contributed by atoms with Gasteiger partial charge >= 0.3 is 6.18 Å². The number of pyridine rings is 1. The Kier molecular flexibility index (Phi) is 7.02. The summed E-state index contributed by atoms with van der Waals surface area (Å²) in [6.07, 6.45) is -2.84. The first-order valence-corrected chi connectivity index (χ1v) is 10.2. The molecule has 0 saturated carbocycles. The molecule has 0 bridgehead atoms. The van der Waals surface area contributed by atoms with Crippen molar-refractivity contribution in [1.82, 2.24) is 9.88 Å². The van der Waals surface area contributed by atoms with Crippen LogP contribution in [0.1, 0.15) is 36.2 Å². The van der Waals surface area contributed by atoms with Gasteiger partial charge in [-0.15, -0.1) is 0 Å². The third-order valence-electron chi connectivity index (χ3n) is 4.97. The number of likely N-dealkylation sites (tertiary alicyclic amines) is 1. The van der Waals surface area contributed by atoms with Crippen LogP contribution in [0.4, 0.5) is 19.0 Å². The summed E-state index contributed by atoms with van der Waals surface area (Å²) in [5.74, 6) is 5.77. The number of nitrogens with two attached hydrogens (primary N) is 1. The van der Waals surface area contributed by atoms with E-state index in [4.69, 9.17) is 22.2 Å². The van der Waals surface area contributed by atoms with Crippen LogP contribution in [-0.4, -0.2) is 46.4 Å². The lowest BCUT2D eigenvalue weighted by molar-refractivity contribution is -0.137.